The third-order valence-corrected chi connectivity index (χ3v) is 6.37. The van der Waals surface area contributed by atoms with E-state index in [1.54, 1.807) is 24.3 Å². The van der Waals surface area contributed by atoms with Gasteiger partial charge in [0.15, 0.2) is 0 Å². The Balaban J connectivity index is 1.17. The van der Waals surface area contributed by atoms with Crippen molar-refractivity contribution in [3.05, 3.63) is 88.6 Å². The predicted octanol–water partition coefficient (Wildman–Crippen LogP) is 4.74. The summed E-state index contributed by atoms with van der Waals surface area (Å²) in [5.74, 6) is 1.23. The summed E-state index contributed by atoms with van der Waals surface area (Å²) in [5, 5.41) is 8.88. The third-order valence-electron chi connectivity index (χ3n) is 6.37. The van der Waals surface area contributed by atoms with Crippen molar-refractivity contribution in [2.45, 2.75) is 31.9 Å². The molecule has 0 amide bonds. The highest BCUT2D eigenvalue weighted by molar-refractivity contribution is 5.84. The fraction of sp³-hybridized carbons (Fsp3) is 0.259. The van der Waals surface area contributed by atoms with E-state index in [2.05, 4.69) is 19.9 Å². The Morgan fingerprint density at radius 2 is 2.00 bits per heavy atom. The van der Waals surface area contributed by atoms with Crippen LogP contribution in [0.5, 0.6) is 5.88 Å². The van der Waals surface area contributed by atoms with E-state index in [-0.39, 0.29) is 12.2 Å². The van der Waals surface area contributed by atoms with Crippen LogP contribution in [0.2, 0.25) is 0 Å². The number of nitriles is 1. The summed E-state index contributed by atoms with van der Waals surface area (Å²) >= 11 is 0. The standard InChI is InChI=1S/C27H24FN5O2/c28-22-12-18(14-29)4-6-21(22)17-35-27-3-1-2-23(32-27)20-8-10-33(11-9-20)15-26-30-24-7-5-19(16-34)13-25(24)31-26/h1-7,12-13,16,20H,8-11,15,17H2,(H,30,31). The van der Waals surface area contributed by atoms with Crippen molar-refractivity contribution in [3.8, 4) is 11.9 Å². The number of ether oxygens (including phenoxy) is 1. The number of hydrogen-bond acceptors (Lipinski definition) is 6. The second kappa shape index (κ2) is 10.0. The number of halogens is 1. The maximum atomic E-state index is 14.1. The molecule has 0 aliphatic carbocycles. The van der Waals surface area contributed by atoms with E-state index in [0.717, 1.165) is 61.3 Å². The summed E-state index contributed by atoms with van der Waals surface area (Å²) in [7, 11) is 0. The number of carbonyl (C=O) groups excluding carboxylic acids is 1. The summed E-state index contributed by atoms with van der Waals surface area (Å²) in [6.45, 7) is 2.62. The lowest BCUT2D eigenvalue weighted by Crippen LogP contribution is -2.33. The van der Waals surface area contributed by atoms with E-state index in [0.29, 0.717) is 22.9 Å². The summed E-state index contributed by atoms with van der Waals surface area (Å²) in [4.78, 5) is 26.0. The van der Waals surface area contributed by atoms with Crippen LogP contribution in [-0.4, -0.2) is 39.2 Å². The van der Waals surface area contributed by atoms with Gasteiger partial charge >= 0.3 is 0 Å². The highest BCUT2D eigenvalue weighted by atomic mass is 19.1. The molecule has 7 nitrogen and oxygen atoms in total. The zero-order chi connectivity index (χ0) is 24.2. The van der Waals surface area contributed by atoms with Crippen LogP contribution in [0.3, 0.4) is 0 Å². The van der Waals surface area contributed by atoms with Gasteiger partial charge in [0.2, 0.25) is 5.88 Å². The van der Waals surface area contributed by atoms with E-state index in [9.17, 15) is 9.18 Å². The number of imidazole rings is 1. The van der Waals surface area contributed by atoms with Gasteiger partial charge in [-0.1, -0.05) is 12.1 Å². The van der Waals surface area contributed by atoms with E-state index in [4.69, 9.17) is 10.00 Å². The molecule has 1 saturated heterocycles. The van der Waals surface area contributed by atoms with Crippen LogP contribution in [0, 0.1) is 17.1 Å². The molecule has 2 aromatic carbocycles. The Hall–Kier alpha value is -4.09. The molecule has 176 valence electrons. The number of nitrogens with zero attached hydrogens (tertiary/aromatic N) is 4. The molecule has 0 radical (unpaired) electrons. The van der Waals surface area contributed by atoms with E-state index in [1.165, 1.54) is 6.07 Å². The smallest absolute Gasteiger partial charge is 0.213 e. The van der Waals surface area contributed by atoms with Gasteiger partial charge in [0.25, 0.3) is 0 Å². The highest BCUT2D eigenvalue weighted by Gasteiger charge is 2.23. The summed E-state index contributed by atoms with van der Waals surface area (Å²) in [6, 6.07) is 17.4. The SMILES string of the molecule is N#Cc1ccc(COc2cccc(C3CCN(Cc4nc5ccc(C=O)cc5[nH]4)CC3)n2)c(F)c1. The zero-order valence-corrected chi connectivity index (χ0v) is 19.1. The highest BCUT2D eigenvalue weighted by Crippen LogP contribution is 2.29. The lowest BCUT2D eigenvalue weighted by Gasteiger charge is -2.31. The van der Waals surface area contributed by atoms with Crippen LogP contribution in [0.15, 0.2) is 54.6 Å². The van der Waals surface area contributed by atoms with Crippen molar-refractivity contribution in [3.63, 3.8) is 0 Å². The fourth-order valence-electron chi connectivity index (χ4n) is 4.45. The number of nitrogens with one attached hydrogen (secondary N) is 1. The predicted molar refractivity (Wildman–Crippen MR) is 128 cm³/mol. The second-order valence-corrected chi connectivity index (χ2v) is 8.74. The number of benzene rings is 2. The Morgan fingerprint density at radius 3 is 2.77 bits per heavy atom. The Labute approximate surface area is 202 Å². The number of piperidine rings is 1. The third kappa shape index (κ3) is 5.20. The quantitative estimate of drug-likeness (QED) is 0.393. The van der Waals surface area contributed by atoms with Crippen molar-refractivity contribution >= 4 is 17.3 Å². The monoisotopic (exact) mass is 469 g/mol. The summed E-state index contributed by atoms with van der Waals surface area (Å²) in [5.41, 5.74) is 4.02. The molecule has 5 rings (SSSR count). The first kappa shape index (κ1) is 22.7. The molecule has 0 bridgehead atoms. The molecule has 0 saturated carbocycles. The van der Waals surface area contributed by atoms with Gasteiger partial charge < -0.3 is 9.72 Å². The first-order valence-corrected chi connectivity index (χ1v) is 11.6. The Morgan fingerprint density at radius 1 is 1.14 bits per heavy atom. The number of carbonyl (C=O) groups is 1. The summed E-state index contributed by atoms with van der Waals surface area (Å²) < 4.78 is 19.9. The Bertz CT molecular complexity index is 1400. The minimum atomic E-state index is -0.457. The normalized spacial score (nSPS) is 14.6. The molecular formula is C27H24FN5O2. The number of hydrogen-bond donors (Lipinski definition) is 1. The van der Waals surface area contributed by atoms with Crippen LogP contribution < -0.4 is 4.74 Å². The van der Waals surface area contributed by atoms with E-state index >= 15 is 0 Å². The molecular weight excluding hydrogens is 445 g/mol. The molecule has 1 aliphatic heterocycles. The number of rotatable bonds is 7. The molecule has 1 aliphatic rings. The maximum absolute atomic E-state index is 14.1. The second-order valence-electron chi connectivity index (χ2n) is 8.74. The van der Waals surface area contributed by atoms with Gasteiger partial charge in [-0.15, -0.1) is 0 Å². The molecule has 3 heterocycles. The molecule has 0 atom stereocenters. The van der Waals surface area contributed by atoms with E-state index in [1.807, 2.05) is 30.3 Å². The van der Waals surface area contributed by atoms with Crippen LogP contribution in [-0.2, 0) is 13.2 Å². The zero-order valence-electron chi connectivity index (χ0n) is 19.1. The molecule has 35 heavy (non-hydrogen) atoms. The topological polar surface area (TPSA) is 94.9 Å². The molecule has 8 heteroatoms. The lowest BCUT2D eigenvalue weighted by molar-refractivity contribution is 0.112. The van der Waals surface area contributed by atoms with Crippen LogP contribution >= 0.6 is 0 Å². The molecule has 1 fully saturated rings. The van der Waals surface area contributed by atoms with Gasteiger partial charge in [0.1, 0.15) is 24.5 Å². The number of likely N-dealkylation sites (tertiary alicyclic amines) is 1. The minimum Gasteiger partial charge on any atom is -0.473 e. The maximum Gasteiger partial charge on any atom is 0.213 e. The first-order valence-electron chi connectivity index (χ1n) is 11.6. The van der Waals surface area contributed by atoms with Gasteiger partial charge in [0, 0.05) is 28.8 Å². The summed E-state index contributed by atoms with van der Waals surface area (Å²) in [6.07, 6.45) is 2.77. The Kier molecular flexibility index (Phi) is 6.51. The van der Waals surface area contributed by atoms with Crippen LogP contribution in [0.25, 0.3) is 11.0 Å². The number of aromatic nitrogens is 3. The fourth-order valence-corrected chi connectivity index (χ4v) is 4.45. The molecule has 0 spiro atoms. The van der Waals surface area contributed by atoms with Gasteiger partial charge in [0.05, 0.1) is 29.2 Å². The van der Waals surface area contributed by atoms with Gasteiger partial charge in [-0.3, -0.25) is 9.69 Å². The number of H-pyrrole nitrogens is 1. The van der Waals surface area contributed by atoms with Gasteiger partial charge in [-0.2, -0.15) is 5.26 Å². The molecule has 4 aromatic rings. The number of fused-ring (bicyclic) bond motifs is 1. The van der Waals surface area contributed by atoms with Crippen molar-refractivity contribution in [2.24, 2.45) is 0 Å². The first-order chi connectivity index (χ1) is 17.1. The van der Waals surface area contributed by atoms with Crippen molar-refractivity contribution in [1.82, 2.24) is 19.9 Å². The van der Waals surface area contributed by atoms with Gasteiger partial charge in [-0.05, 0) is 62.3 Å². The number of aldehydes is 1. The van der Waals surface area contributed by atoms with Gasteiger partial charge in [-0.25, -0.2) is 14.4 Å². The molecule has 2 aromatic heterocycles. The molecule has 0 unspecified atom stereocenters. The molecule has 1 N–H and O–H groups in total. The van der Waals surface area contributed by atoms with E-state index < -0.39 is 5.82 Å². The number of pyridine rings is 1. The minimum absolute atomic E-state index is 0.0539. The number of aromatic amines is 1. The van der Waals surface area contributed by atoms with Crippen LogP contribution in [0.1, 0.15) is 51.8 Å². The van der Waals surface area contributed by atoms with Crippen molar-refractivity contribution in [2.75, 3.05) is 13.1 Å². The average Bonchev–Trinajstić information content (AvgIpc) is 3.30. The lowest BCUT2D eigenvalue weighted by atomic mass is 9.93. The van der Waals surface area contributed by atoms with Crippen molar-refractivity contribution in [1.29, 1.82) is 5.26 Å². The van der Waals surface area contributed by atoms with Crippen molar-refractivity contribution < 1.29 is 13.9 Å². The largest absolute Gasteiger partial charge is 0.473 e. The van der Waals surface area contributed by atoms with Crippen LogP contribution in [0.4, 0.5) is 4.39 Å². The average molecular weight is 470 g/mol.